The summed E-state index contributed by atoms with van der Waals surface area (Å²) in [6.07, 6.45) is 3.58. The summed E-state index contributed by atoms with van der Waals surface area (Å²) in [6.45, 7) is 0.991. The zero-order chi connectivity index (χ0) is 9.14. The molecule has 0 N–H and O–H groups in total. The molecule has 0 spiro atoms. The summed E-state index contributed by atoms with van der Waals surface area (Å²) in [5.74, 6) is 0.262. The number of carbonyl (C=O) groups excluding carboxylic acids is 1. The van der Waals surface area contributed by atoms with Gasteiger partial charge in [-0.1, -0.05) is 0 Å². The van der Waals surface area contributed by atoms with E-state index in [1.54, 1.807) is 0 Å². The second kappa shape index (κ2) is 3.61. The number of hydrogen-bond donors (Lipinski definition) is 0. The van der Waals surface area contributed by atoms with Crippen LogP contribution in [-0.2, 0) is 4.79 Å². The maximum absolute atomic E-state index is 11.4. The van der Waals surface area contributed by atoms with E-state index in [-0.39, 0.29) is 5.78 Å². The van der Waals surface area contributed by atoms with E-state index in [0.717, 1.165) is 18.7 Å². The summed E-state index contributed by atoms with van der Waals surface area (Å²) < 4.78 is 0. The van der Waals surface area contributed by atoms with E-state index in [0.29, 0.717) is 6.42 Å². The fourth-order valence-corrected chi connectivity index (χ4v) is 1.35. The van der Waals surface area contributed by atoms with Gasteiger partial charge in [-0.05, 0) is 6.42 Å². The van der Waals surface area contributed by atoms with E-state index < -0.39 is 0 Å². The molecule has 0 bridgehead atoms. The number of rotatable bonds is 1. The highest BCUT2D eigenvalue weighted by Crippen LogP contribution is 2.14. The minimum Gasteiger partial charge on any atom is -0.382 e. The lowest BCUT2D eigenvalue weighted by Crippen LogP contribution is -2.31. The Hall–Kier alpha value is -0.990. The minimum absolute atomic E-state index is 0.262. The van der Waals surface area contributed by atoms with Gasteiger partial charge in [0.2, 0.25) is 0 Å². The number of hydrogen-bond acceptors (Lipinski definition) is 3. The van der Waals surface area contributed by atoms with Gasteiger partial charge in [-0.25, -0.2) is 0 Å². The molecule has 0 aromatic rings. The minimum atomic E-state index is 0.262. The van der Waals surface area contributed by atoms with Crippen molar-refractivity contribution in [2.45, 2.75) is 12.8 Å². The zero-order valence-electron chi connectivity index (χ0n) is 8.00. The summed E-state index contributed by atoms with van der Waals surface area (Å²) in [5.41, 5.74) is 0.839. The van der Waals surface area contributed by atoms with Crippen molar-refractivity contribution < 1.29 is 4.79 Å². The smallest absolute Gasteiger partial charge is 0.180 e. The number of likely N-dealkylation sites (N-methyl/N-ethyl adjacent to an activating group) is 1. The van der Waals surface area contributed by atoms with E-state index >= 15 is 0 Å². The van der Waals surface area contributed by atoms with Gasteiger partial charge in [0.1, 0.15) is 0 Å². The molecule has 0 unspecified atom stereocenters. The Morgan fingerprint density at radius 2 is 2.17 bits per heavy atom. The van der Waals surface area contributed by atoms with Crippen molar-refractivity contribution >= 4 is 5.78 Å². The molecule has 0 aliphatic carbocycles. The van der Waals surface area contributed by atoms with Crippen molar-refractivity contribution in [2.75, 3.05) is 27.7 Å². The van der Waals surface area contributed by atoms with Gasteiger partial charge < -0.3 is 9.80 Å². The van der Waals surface area contributed by atoms with E-state index in [1.807, 2.05) is 37.1 Å². The van der Waals surface area contributed by atoms with Gasteiger partial charge in [-0.3, -0.25) is 4.79 Å². The number of ketones is 1. The first-order valence-electron chi connectivity index (χ1n) is 4.24. The van der Waals surface area contributed by atoms with Crippen molar-refractivity contribution in [3.8, 4) is 0 Å². The van der Waals surface area contributed by atoms with Crippen LogP contribution in [0.5, 0.6) is 0 Å². The second-order valence-corrected chi connectivity index (χ2v) is 3.43. The maximum atomic E-state index is 11.4. The molecule has 0 radical (unpaired) electrons. The van der Waals surface area contributed by atoms with Crippen molar-refractivity contribution in [3.05, 3.63) is 11.9 Å². The summed E-state index contributed by atoms with van der Waals surface area (Å²) in [5, 5.41) is 0. The number of piperidine rings is 1. The van der Waals surface area contributed by atoms with Crippen LogP contribution in [0.4, 0.5) is 0 Å². The van der Waals surface area contributed by atoms with Gasteiger partial charge in [0.15, 0.2) is 5.78 Å². The third-order valence-electron chi connectivity index (χ3n) is 1.97. The molecule has 1 saturated heterocycles. The first-order chi connectivity index (χ1) is 5.61. The molecule has 3 heteroatoms. The van der Waals surface area contributed by atoms with Crippen molar-refractivity contribution in [1.82, 2.24) is 9.80 Å². The Kier molecular flexibility index (Phi) is 2.74. The molecule has 1 aliphatic heterocycles. The lowest BCUT2D eigenvalue weighted by molar-refractivity contribution is -0.118. The summed E-state index contributed by atoms with van der Waals surface area (Å²) in [4.78, 5) is 15.3. The first kappa shape index (κ1) is 9.10. The van der Waals surface area contributed by atoms with Gasteiger partial charge in [-0.15, -0.1) is 0 Å². The summed E-state index contributed by atoms with van der Waals surface area (Å²) >= 11 is 0. The van der Waals surface area contributed by atoms with Crippen LogP contribution in [0.15, 0.2) is 11.9 Å². The number of Topliss-reactive ketones (excluding diaryl/α,β-unsaturated/α-hetero) is 1. The third kappa shape index (κ3) is 2.00. The Bertz CT molecular complexity index is 209. The molecule has 12 heavy (non-hydrogen) atoms. The number of nitrogens with zero attached hydrogens (tertiary/aromatic N) is 2. The molecule has 1 aliphatic rings. The summed E-state index contributed by atoms with van der Waals surface area (Å²) in [6, 6.07) is 0. The second-order valence-electron chi connectivity index (χ2n) is 3.43. The van der Waals surface area contributed by atoms with Gasteiger partial charge in [0.25, 0.3) is 0 Å². The van der Waals surface area contributed by atoms with Gasteiger partial charge in [-0.2, -0.15) is 0 Å². The molecule has 0 amide bonds. The Balaban J connectivity index is 2.76. The Morgan fingerprint density at radius 3 is 2.67 bits per heavy atom. The van der Waals surface area contributed by atoms with E-state index in [9.17, 15) is 4.79 Å². The van der Waals surface area contributed by atoms with Crippen LogP contribution in [0, 0.1) is 0 Å². The largest absolute Gasteiger partial charge is 0.382 e. The highest BCUT2D eigenvalue weighted by molar-refractivity contribution is 5.95. The molecule has 0 saturated carbocycles. The predicted octanol–water partition coefficient (Wildman–Crippen LogP) is 0.684. The van der Waals surface area contributed by atoms with E-state index in [1.165, 1.54) is 0 Å². The van der Waals surface area contributed by atoms with Crippen LogP contribution >= 0.6 is 0 Å². The van der Waals surface area contributed by atoms with E-state index in [4.69, 9.17) is 0 Å². The highest BCUT2D eigenvalue weighted by atomic mass is 16.1. The van der Waals surface area contributed by atoms with Crippen LogP contribution in [0.25, 0.3) is 0 Å². The number of allylic oxidation sites excluding steroid dienone is 1. The lowest BCUT2D eigenvalue weighted by Gasteiger charge is -2.27. The van der Waals surface area contributed by atoms with Crippen LogP contribution in [-0.4, -0.2) is 43.3 Å². The summed E-state index contributed by atoms with van der Waals surface area (Å²) in [7, 11) is 5.83. The molecular weight excluding hydrogens is 152 g/mol. The average molecular weight is 168 g/mol. The fraction of sp³-hybridized carbons (Fsp3) is 0.667. The molecule has 1 heterocycles. The van der Waals surface area contributed by atoms with Gasteiger partial charge in [0, 0.05) is 40.3 Å². The van der Waals surface area contributed by atoms with Crippen LogP contribution in [0.3, 0.4) is 0 Å². The molecule has 3 nitrogen and oxygen atoms in total. The molecule has 1 fully saturated rings. The van der Waals surface area contributed by atoms with Crippen molar-refractivity contribution in [3.63, 3.8) is 0 Å². The van der Waals surface area contributed by atoms with Crippen LogP contribution in [0.1, 0.15) is 12.8 Å². The van der Waals surface area contributed by atoms with Crippen molar-refractivity contribution in [2.24, 2.45) is 0 Å². The predicted molar refractivity (Wildman–Crippen MR) is 48.6 cm³/mol. The molecule has 0 aromatic carbocycles. The monoisotopic (exact) mass is 168 g/mol. The quantitative estimate of drug-likeness (QED) is 0.538. The van der Waals surface area contributed by atoms with Crippen molar-refractivity contribution in [1.29, 1.82) is 0 Å². The van der Waals surface area contributed by atoms with Crippen LogP contribution in [0.2, 0.25) is 0 Å². The van der Waals surface area contributed by atoms with E-state index in [2.05, 4.69) is 0 Å². The average Bonchev–Trinajstić information content (AvgIpc) is 1.97. The first-order valence-corrected chi connectivity index (χ1v) is 4.24. The third-order valence-corrected chi connectivity index (χ3v) is 1.97. The van der Waals surface area contributed by atoms with Gasteiger partial charge >= 0.3 is 0 Å². The SMILES string of the molecule is CN(C)/C=C1/C(=O)CCCN1C. The fourth-order valence-electron chi connectivity index (χ4n) is 1.35. The lowest BCUT2D eigenvalue weighted by atomic mass is 10.1. The Labute approximate surface area is 73.6 Å². The molecule has 0 aromatic heterocycles. The number of likely N-dealkylation sites (tertiary alicyclic amines) is 1. The molecule has 1 rings (SSSR count). The maximum Gasteiger partial charge on any atom is 0.180 e. The topological polar surface area (TPSA) is 23.6 Å². The van der Waals surface area contributed by atoms with Gasteiger partial charge in [0.05, 0.1) is 5.70 Å². The number of carbonyl (C=O) groups is 1. The van der Waals surface area contributed by atoms with Crippen LogP contribution < -0.4 is 0 Å². The Morgan fingerprint density at radius 1 is 1.50 bits per heavy atom. The standard InChI is InChI=1S/C9H16N2O/c1-10(2)7-8-9(12)5-4-6-11(8)3/h7H,4-6H2,1-3H3/b8-7-. The normalized spacial score (nSPS) is 21.8. The molecule has 0 atom stereocenters. The molecule has 68 valence electrons. The zero-order valence-corrected chi connectivity index (χ0v) is 8.00. The molecular formula is C9H16N2O. The highest BCUT2D eigenvalue weighted by Gasteiger charge is 2.19.